The summed E-state index contributed by atoms with van der Waals surface area (Å²) in [5, 5.41) is 2.95. The molecule has 1 N–H and O–H groups in total. The van der Waals surface area contributed by atoms with E-state index in [-0.39, 0.29) is 18.6 Å². The summed E-state index contributed by atoms with van der Waals surface area (Å²) in [6, 6.07) is 14.8. The van der Waals surface area contributed by atoms with Crippen LogP contribution in [0.4, 0.5) is 0 Å². The number of fused-ring (bicyclic) bond motifs is 1. The van der Waals surface area contributed by atoms with Crippen molar-refractivity contribution < 1.29 is 19.0 Å². The molecule has 5 nitrogen and oxygen atoms in total. The highest BCUT2D eigenvalue weighted by Crippen LogP contribution is 2.31. The van der Waals surface area contributed by atoms with E-state index < -0.39 is 6.10 Å². The fraction of sp³-hybridized carbons (Fsp3) is 0.278. The molecule has 0 spiro atoms. The van der Waals surface area contributed by atoms with Gasteiger partial charge >= 0.3 is 0 Å². The molecule has 0 saturated carbocycles. The number of methoxy groups -OCH3 is 1. The predicted octanol–water partition coefficient (Wildman–Crippen LogP) is 2.71. The predicted molar refractivity (Wildman–Crippen MR) is 85.9 cm³/mol. The van der Waals surface area contributed by atoms with E-state index >= 15 is 0 Å². The van der Waals surface area contributed by atoms with Gasteiger partial charge in [0.25, 0.3) is 5.91 Å². The first-order chi connectivity index (χ1) is 11.2. The van der Waals surface area contributed by atoms with Gasteiger partial charge in [-0.05, 0) is 36.8 Å². The van der Waals surface area contributed by atoms with Crippen LogP contribution in [0.3, 0.4) is 0 Å². The van der Waals surface area contributed by atoms with Crippen LogP contribution in [0.25, 0.3) is 0 Å². The normalized spacial score (nSPS) is 17.2. The number of carbonyl (C=O) groups excluding carboxylic acids is 1. The highest BCUT2D eigenvalue weighted by molar-refractivity contribution is 5.82. The summed E-state index contributed by atoms with van der Waals surface area (Å²) in [5.41, 5.74) is 0.997. The second kappa shape index (κ2) is 6.60. The van der Waals surface area contributed by atoms with Gasteiger partial charge in [0.1, 0.15) is 12.4 Å². The number of amides is 1. The van der Waals surface area contributed by atoms with Gasteiger partial charge in [0.05, 0.1) is 13.2 Å². The van der Waals surface area contributed by atoms with E-state index in [9.17, 15) is 4.79 Å². The molecule has 1 amide bonds. The summed E-state index contributed by atoms with van der Waals surface area (Å²) in [5.74, 6) is 1.85. The third kappa shape index (κ3) is 3.39. The van der Waals surface area contributed by atoms with E-state index in [0.29, 0.717) is 11.5 Å². The Labute approximate surface area is 135 Å². The fourth-order valence-corrected chi connectivity index (χ4v) is 2.43. The van der Waals surface area contributed by atoms with Gasteiger partial charge in [-0.15, -0.1) is 0 Å². The summed E-state index contributed by atoms with van der Waals surface area (Å²) >= 11 is 0. The Morgan fingerprint density at radius 1 is 1.17 bits per heavy atom. The number of ether oxygens (including phenoxy) is 3. The molecule has 1 aliphatic heterocycles. The molecular formula is C18H19NO4. The first-order valence-electron chi connectivity index (χ1n) is 7.50. The van der Waals surface area contributed by atoms with E-state index in [2.05, 4.69) is 5.32 Å². The summed E-state index contributed by atoms with van der Waals surface area (Å²) in [6.45, 7) is 2.13. The molecule has 120 valence electrons. The Morgan fingerprint density at radius 2 is 1.87 bits per heavy atom. The first kappa shape index (κ1) is 15.2. The smallest absolute Gasteiger partial charge is 0.265 e. The topological polar surface area (TPSA) is 56.8 Å². The first-order valence-corrected chi connectivity index (χ1v) is 7.50. The van der Waals surface area contributed by atoms with Crippen molar-refractivity contribution in [2.24, 2.45) is 0 Å². The van der Waals surface area contributed by atoms with Crippen molar-refractivity contribution in [2.45, 2.75) is 19.1 Å². The molecule has 0 fully saturated rings. The van der Waals surface area contributed by atoms with Gasteiger partial charge in [-0.1, -0.05) is 24.3 Å². The Morgan fingerprint density at radius 3 is 2.57 bits per heavy atom. The van der Waals surface area contributed by atoms with Crippen LogP contribution in [0.2, 0.25) is 0 Å². The molecule has 0 bridgehead atoms. The maximum absolute atomic E-state index is 12.4. The van der Waals surface area contributed by atoms with Crippen LogP contribution < -0.4 is 19.5 Å². The third-order valence-electron chi connectivity index (χ3n) is 3.78. The van der Waals surface area contributed by atoms with Crippen LogP contribution >= 0.6 is 0 Å². The highest BCUT2D eigenvalue weighted by Gasteiger charge is 2.28. The van der Waals surface area contributed by atoms with Crippen LogP contribution in [0.15, 0.2) is 48.5 Å². The number of carbonyl (C=O) groups is 1. The number of rotatable bonds is 4. The van der Waals surface area contributed by atoms with Crippen molar-refractivity contribution >= 4 is 5.91 Å². The Hall–Kier alpha value is -2.69. The van der Waals surface area contributed by atoms with Gasteiger partial charge < -0.3 is 19.5 Å². The number of para-hydroxylation sites is 2. The highest BCUT2D eigenvalue weighted by atomic mass is 16.6. The molecule has 3 rings (SSSR count). The minimum absolute atomic E-state index is 0.130. The Balaban J connectivity index is 1.62. The van der Waals surface area contributed by atoms with E-state index in [1.807, 2.05) is 49.4 Å². The summed E-state index contributed by atoms with van der Waals surface area (Å²) in [7, 11) is 1.62. The zero-order chi connectivity index (χ0) is 16.2. The molecule has 0 radical (unpaired) electrons. The molecule has 5 heteroatoms. The largest absolute Gasteiger partial charge is 0.497 e. The lowest BCUT2D eigenvalue weighted by Gasteiger charge is -2.26. The lowest BCUT2D eigenvalue weighted by Crippen LogP contribution is -2.44. The quantitative estimate of drug-likeness (QED) is 0.943. The fourth-order valence-electron chi connectivity index (χ4n) is 2.43. The Kier molecular flexibility index (Phi) is 4.37. The summed E-state index contributed by atoms with van der Waals surface area (Å²) < 4.78 is 16.4. The SMILES string of the molecule is COc1ccc(C(C)NC(=O)C2COc3ccccc3O2)cc1. The summed E-state index contributed by atoms with van der Waals surface area (Å²) in [4.78, 5) is 12.4. The average molecular weight is 313 g/mol. The third-order valence-corrected chi connectivity index (χ3v) is 3.78. The van der Waals surface area contributed by atoms with Crippen molar-refractivity contribution in [1.29, 1.82) is 0 Å². The maximum atomic E-state index is 12.4. The standard InChI is InChI=1S/C18H19NO4/c1-12(13-7-9-14(21-2)10-8-13)19-18(20)17-11-22-15-5-3-4-6-16(15)23-17/h3-10,12,17H,11H2,1-2H3,(H,19,20). The molecule has 1 heterocycles. The van der Waals surface area contributed by atoms with Gasteiger partial charge in [0.15, 0.2) is 11.5 Å². The minimum Gasteiger partial charge on any atom is -0.497 e. The molecule has 0 aromatic heterocycles. The van der Waals surface area contributed by atoms with Crippen molar-refractivity contribution in [3.8, 4) is 17.2 Å². The molecule has 23 heavy (non-hydrogen) atoms. The lowest BCUT2D eigenvalue weighted by molar-refractivity contribution is -0.131. The van der Waals surface area contributed by atoms with E-state index in [0.717, 1.165) is 11.3 Å². The zero-order valence-corrected chi connectivity index (χ0v) is 13.1. The Bertz CT molecular complexity index is 684. The van der Waals surface area contributed by atoms with Crippen LogP contribution in [-0.4, -0.2) is 25.7 Å². The van der Waals surface area contributed by atoms with Crippen LogP contribution in [0.1, 0.15) is 18.5 Å². The number of hydrogen-bond donors (Lipinski definition) is 1. The molecule has 2 atom stereocenters. The van der Waals surface area contributed by atoms with E-state index in [1.54, 1.807) is 13.2 Å². The van der Waals surface area contributed by atoms with E-state index in [4.69, 9.17) is 14.2 Å². The second-order valence-electron chi connectivity index (χ2n) is 5.37. The lowest BCUT2D eigenvalue weighted by atomic mass is 10.1. The van der Waals surface area contributed by atoms with Gasteiger partial charge in [-0.2, -0.15) is 0 Å². The average Bonchev–Trinajstić information content (AvgIpc) is 2.61. The molecular weight excluding hydrogens is 294 g/mol. The van der Waals surface area contributed by atoms with Crippen LogP contribution in [-0.2, 0) is 4.79 Å². The van der Waals surface area contributed by atoms with E-state index in [1.165, 1.54) is 0 Å². The number of nitrogens with one attached hydrogen (secondary N) is 1. The van der Waals surface area contributed by atoms with Gasteiger partial charge in [0, 0.05) is 0 Å². The van der Waals surface area contributed by atoms with Crippen molar-refractivity contribution in [3.63, 3.8) is 0 Å². The monoisotopic (exact) mass is 313 g/mol. The van der Waals surface area contributed by atoms with Gasteiger partial charge in [-0.25, -0.2) is 0 Å². The van der Waals surface area contributed by atoms with Gasteiger partial charge in [-0.3, -0.25) is 4.79 Å². The van der Waals surface area contributed by atoms with Crippen LogP contribution in [0, 0.1) is 0 Å². The number of benzene rings is 2. The maximum Gasteiger partial charge on any atom is 0.265 e. The zero-order valence-electron chi connectivity index (χ0n) is 13.1. The van der Waals surface area contributed by atoms with Gasteiger partial charge in [0.2, 0.25) is 6.10 Å². The van der Waals surface area contributed by atoms with Crippen molar-refractivity contribution in [3.05, 3.63) is 54.1 Å². The summed E-state index contributed by atoms with van der Waals surface area (Å²) in [6.07, 6.45) is -0.648. The van der Waals surface area contributed by atoms with Crippen molar-refractivity contribution in [1.82, 2.24) is 5.32 Å². The molecule has 2 unspecified atom stereocenters. The molecule has 0 aliphatic carbocycles. The van der Waals surface area contributed by atoms with Crippen molar-refractivity contribution in [2.75, 3.05) is 13.7 Å². The molecule has 2 aromatic carbocycles. The number of hydrogen-bond acceptors (Lipinski definition) is 4. The molecule has 2 aromatic rings. The second-order valence-corrected chi connectivity index (χ2v) is 5.37. The van der Waals surface area contributed by atoms with Crippen LogP contribution in [0.5, 0.6) is 17.2 Å². The molecule has 0 saturated heterocycles. The minimum atomic E-state index is -0.648. The molecule has 1 aliphatic rings.